The molecule has 1 amide bonds. The summed E-state index contributed by atoms with van der Waals surface area (Å²) >= 11 is 0. The summed E-state index contributed by atoms with van der Waals surface area (Å²) < 4.78 is 64.7. The number of nitrogens with zero attached hydrogens (tertiary/aromatic N) is 2. The molecule has 0 atom stereocenters. The number of hydrogen-bond acceptors (Lipinski definition) is 8. The second-order valence-corrected chi connectivity index (χ2v) is 9.69. The first-order valence-electron chi connectivity index (χ1n) is 13.1. The summed E-state index contributed by atoms with van der Waals surface area (Å²) in [6.45, 7) is 3.92. The van der Waals surface area contributed by atoms with E-state index in [1.807, 2.05) is 13.8 Å². The molecular formula is C29H29F3N4O7. The van der Waals surface area contributed by atoms with E-state index in [1.54, 1.807) is 0 Å². The molecule has 0 aliphatic rings. The number of carbonyl (C=O) groups excluding carboxylic acids is 2. The molecular weight excluding hydrogens is 573 g/mol. The van der Waals surface area contributed by atoms with Gasteiger partial charge in [-0.05, 0) is 24.1 Å². The van der Waals surface area contributed by atoms with E-state index in [9.17, 15) is 27.6 Å². The molecule has 14 heteroatoms. The van der Waals surface area contributed by atoms with Gasteiger partial charge in [0.25, 0.3) is 11.5 Å². The van der Waals surface area contributed by atoms with E-state index in [0.29, 0.717) is 4.68 Å². The Morgan fingerprint density at radius 3 is 2.56 bits per heavy atom. The maximum Gasteiger partial charge on any atom is 0.434 e. The highest BCUT2D eigenvalue weighted by molar-refractivity contribution is 6.05. The van der Waals surface area contributed by atoms with Gasteiger partial charge in [-0.3, -0.25) is 9.59 Å². The van der Waals surface area contributed by atoms with Gasteiger partial charge >= 0.3 is 12.1 Å². The predicted molar refractivity (Wildman–Crippen MR) is 150 cm³/mol. The van der Waals surface area contributed by atoms with Crippen molar-refractivity contribution in [2.24, 2.45) is 5.92 Å². The highest BCUT2D eigenvalue weighted by Gasteiger charge is 2.41. The van der Waals surface area contributed by atoms with Crippen LogP contribution in [0.5, 0.6) is 11.5 Å². The minimum absolute atomic E-state index is 0.0247. The number of pyridine rings is 1. The molecule has 0 spiro atoms. The van der Waals surface area contributed by atoms with Gasteiger partial charge in [0.2, 0.25) is 0 Å². The number of anilines is 1. The molecule has 0 radical (unpaired) electrons. The van der Waals surface area contributed by atoms with Crippen LogP contribution < -0.4 is 20.3 Å². The minimum Gasteiger partial charge on any atom is -0.497 e. The molecule has 0 saturated carbocycles. The SMILES string of the molecule is COc1cc(NC(=O)c2cnn(-c3cccc4c(=O)[nH]ccc34)c2C(F)(F)F)cc(OCCOCC(=O)OCC(C)C)c1. The lowest BCUT2D eigenvalue weighted by molar-refractivity contribution is -0.150. The quantitative estimate of drug-likeness (QED) is 0.178. The van der Waals surface area contributed by atoms with Crippen molar-refractivity contribution in [3.8, 4) is 17.2 Å². The number of benzene rings is 2. The Balaban J connectivity index is 1.51. The molecule has 4 rings (SSSR count). The topological polar surface area (TPSA) is 134 Å². The molecule has 0 unspecified atom stereocenters. The van der Waals surface area contributed by atoms with Gasteiger partial charge in [0.05, 0.1) is 37.8 Å². The van der Waals surface area contributed by atoms with Crippen molar-refractivity contribution >= 4 is 28.3 Å². The van der Waals surface area contributed by atoms with Crippen molar-refractivity contribution in [2.75, 3.05) is 38.9 Å². The Kier molecular flexibility index (Phi) is 9.70. The van der Waals surface area contributed by atoms with E-state index in [1.165, 1.54) is 55.8 Å². The van der Waals surface area contributed by atoms with Gasteiger partial charge in [-0.2, -0.15) is 18.3 Å². The number of hydrogen-bond donors (Lipinski definition) is 2. The molecule has 0 aliphatic heterocycles. The van der Waals surface area contributed by atoms with Crippen LogP contribution in [0.15, 0.2) is 59.7 Å². The number of nitrogens with one attached hydrogen (secondary N) is 2. The van der Waals surface area contributed by atoms with E-state index in [2.05, 4.69) is 15.4 Å². The summed E-state index contributed by atoms with van der Waals surface area (Å²) in [6, 6.07) is 10.0. The van der Waals surface area contributed by atoms with Crippen LogP contribution in [0, 0.1) is 5.92 Å². The minimum atomic E-state index is -4.98. The van der Waals surface area contributed by atoms with Crippen molar-refractivity contribution in [3.63, 3.8) is 0 Å². The number of fused-ring (bicyclic) bond motifs is 1. The average molecular weight is 603 g/mol. The van der Waals surface area contributed by atoms with Gasteiger partial charge in [0.15, 0.2) is 5.69 Å². The van der Waals surface area contributed by atoms with Crippen LogP contribution in [0.25, 0.3) is 16.5 Å². The first kappa shape index (κ1) is 31.1. The molecule has 0 aliphatic carbocycles. The summed E-state index contributed by atoms with van der Waals surface area (Å²) in [5.41, 5.74) is -2.47. The van der Waals surface area contributed by atoms with Crippen LogP contribution in [0.3, 0.4) is 0 Å². The average Bonchev–Trinajstić information content (AvgIpc) is 3.42. The summed E-state index contributed by atoms with van der Waals surface area (Å²) in [4.78, 5) is 39.4. The van der Waals surface area contributed by atoms with Crippen molar-refractivity contribution < 1.29 is 41.7 Å². The maximum absolute atomic E-state index is 14.3. The van der Waals surface area contributed by atoms with E-state index >= 15 is 0 Å². The van der Waals surface area contributed by atoms with Crippen LogP contribution >= 0.6 is 0 Å². The van der Waals surface area contributed by atoms with Gasteiger partial charge in [-0.25, -0.2) is 9.48 Å². The third-order valence-corrected chi connectivity index (χ3v) is 5.97. The van der Waals surface area contributed by atoms with Gasteiger partial charge < -0.3 is 29.2 Å². The Hall–Kier alpha value is -4.85. The number of esters is 1. The number of amides is 1. The number of H-pyrrole nitrogens is 1. The zero-order valence-corrected chi connectivity index (χ0v) is 23.5. The van der Waals surface area contributed by atoms with E-state index in [0.717, 1.165) is 6.20 Å². The number of aromatic amines is 1. The van der Waals surface area contributed by atoms with Crippen LogP contribution in [-0.2, 0) is 20.4 Å². The monoisotopic (exact) mass is 602 g/mol. The van der Waals surface area contributed by atoms with Gasteiger partial charge in [0, 0.05) is 40.9 Å². The molecule has 2 aromatic carbocycles. The standard InChI is InChI=1S/C29H29F3N4O7/c1-17(2)15-43-25(37)16-41-9-10-42-20-12-18(11-19(13-20)40-3)35-28(39)23-14-34-36(26(23)29(30,31)32)24-6-4-5-22-21(24)7-8-33-27(22)38/h4-8,11-14,17H,9-10,15-16H2,1-3H3,(H,33,38)(H,35,39). The van der Waals surface area contributed by atoms with Crippen molar-refractivity contribution in [1.29, 1.82) is 0 Å². The highest BCUT2D eigenvalue weighted by Crippen LogP contribution is 2.35. The van der Waals surface area contributed by atoms with Crippen molar-refractivity contribution in [3.05, 3.63) is 76.5 Å². The Morgan fingerprint density at radius 2 is 1.84 bits per heavy atom. The number of ether oxygens (including phenoxy) is 4. The fourth-order valence-electron chi connectivity index (χ4n) is 4.08. The smallest absolute Gasteiger partial charge is 0.434 e. The van der Waals surface area contributed by atoms with Crippen LogP contribution in [-0.4, -0.2) is 60.2 Å². The second kappa shape index (κ2) is 13.4. The van der Waals surface area contributed by atoms with E-state index in [4.69, 9.17) is 18.9 Å². The normalized spacial score (nSPS) is 11.5. The molecule has 228 valence electrons. The number of carbonyl (C=O) groups is 2. The molecule has 11 nitrogen and oxygen atoms in total. The van der Waals surface area contributed by atoms with Crippen molar-refractivity contribution in [1.82, 2.24) is 14.8 Å². The molecule has 2 heterocycles. The molecule has 2 aromatic heterocycles. The van der Waals surface area contributed by atoms with Crippen molar-refractivity contribution in [2.45, 2.75) is 20.0 Å². The lowest BCUT2D eigenvalue weighted by Gasteiger charge is -2.15. The molecule has 0 bridgehead atoms. The van der Waals surface area contributed by atoms with E-state index in [-0.39, 0.29) is 66.0 Å². The Morgan fingerprint density at radius 1 is 1.07 bits per heavy atom. The van der Waals surface area contributed by atoms with E-state index < -0.39 is 34.9 Å². The largest absolute Gasteiger partial charge is 0.497 e. The lowest BCUT2D eigenvalue weighted by Crippen LogP contribution is -2.21. The number of methoxy groups -OCH3 is 1. The summed E-state index contributed by atoms with van der Waals surface area (Å²) in [5.74, 6) is -0.899. The van der Waals surface area contributed by atoms with Crippen LogP contribution in [0.4, 0.5) is 18.9 Å². The van der Waals surface area contributed by atoms with Gasteiger partial charge in [-0.15, -0.1) is 0 Å². The van der Waals surface area contributed by atoms with Crippen LogP contribution in [0.1, 0.15) is 29.9 Å². The Labute approximate surface area is 243 Å². The fraction of sp³-hybridized carbons (Fsp3) is 0.310. The second-order valence-electron chi connectivity index (χ2n) is 9.69. The van der Waals surface area contributed by atoms with Gasteiger partial charge in [-0.1, -0.05) is 19.9 Å². The third kappa shape index (κ3) is 7.71. The zero-order valence-electron chi connectivity index (χ0n) is 23.5. The highest BCUT2D eigenvalue weighted by atomic mass is 19.4. The molecule has 4 aromatic rings. The molecule has 43 heavy (non-hydrogen) atoms. The summed E-state index contributed by atoms with van der Waals surface area (Å²) in [5, 5.41) is 6.68. The third-order valence-electron chi connectivity index (χ3n) is 5.97. The van der Waals surface area contributed by atoms with Crippen LogP contribution in [0.2, 0.25) is 0 Å². The number of halogens is 3. The zero-order chi connectivity index (χ0) is 31.1. The number of aromatic nitrogens is 3. The van der Waals surface area contributed by atoms with Gasteiger partial charge in [0.1, 0.15) is 24.7 Å². The molecule has 0 fully saturated rings. The first-order valence-corrected chi connectivity index (χ1v) is 13.1. The summed E-state index contributed by atoms with van der Waals surface area (Å²) in [6.07, 6.45) is -2.85. The lowest BCUT2D eigenvalue weighted by atomic mass is 10.1. The fourth-order valence-corrected chi connectivity index (χ4v) is 4.08. The molecule has 0 saturated heterocycles. The Bertz CT molecular complexity index is 1660. The first-order chi connectivity index (χ1) is 20.5. The number of rotatable bonds is 12. The molecule has 2 N–H and O–H groups in total. The number of alkyl halides is 3. The summed E-state index contributed by atoms with van der Waals surface area (Å²) in [7, 11) is 1.37. The maximum atomic E-state index is 14.3. The predicted octanol–water partition coefficient (Wildman–Crippen LogP) is 4.59.